The van der Waals surface area contributed by atoms with Crippen molar-refractivity contribution in [3.8, 4) is 17.2 Å². The zero-order valence-electron chi connectivity index (χ0n) is 12.3. The first-order valence-corrected chi connectivity index (χ1v) is 8.24. The average Bonchev–Trinajstić information content (AvgIpc) is 3.24. The number of aryl methyl sites for hydroxylation is 1. The van der Waals surface area contributed by atoms with Crippen molar-refractivity contribution in [1.82, 2.24) is 20.2 Å². The van der Waals surface area contributed by atoms with Gasteiger partial charge >= 0.3 is 0 Å². The van der Waals surface area contributed by atoms with Crippen molar-refractivity contribution < 1.29 is 9.47 Å². The van der Waals surface area contributed by atoms with E-state index in [-0.39, 0.29) is 0 Å². The third-order valence-corrected chi connectivity index (χ3v) is 4.42. The van der Waals surface area contributed by atoms with Crippen LogP contribution in [0.5, 0.6) is 11.5 Å². The van der Waals surface area contributed by atoms with Gasteiger partial charge in [-0.3, -0.25) is 0 Å². The van der Waals surface area contributed by atoms with Crippen molar-refractivity contribution >= 4 is 11.8 Å². The van der Waals surface area contributed by atoms with E-state index < -0.39 is 0 Å². The van der Waals surface area contributed by atoms with Crippen LogP contribution in [0.15, 0.2) is 53.7 Å². The topological polar surface area (TPSA) is 62.1 Å². The van der Waals surface area contributed by atoms with Crippen LogP contribution in [0.3, 0.4) is 0 Å². The van der Waals surface area contributed by atoms with E-state index in [1.807, 2.05) is 42.5 Å². The number of ether oxygens (including phenoxy) is 2. The number of hydrogen-bond donors (Lipinski definition) is 0. The Morgan fingerprint density at radius 1 is 1.04 bits per heavy atom. The molecule has 23 heavy (non-hydrogen) atoms. The highest BCUT2D eigenvalue weighted by atomic mass is 32.2. The molecule has 0 saturated heterocycles. The second-order valence-electron chi connectivity index (χ2n) is 4.99. The fraction of sp³-hybridized carbons (Fsp3) is 0.188. The van der Waals surface area contributed by atoms with Gasteiger partial charge in [0, 0.05) is 5.75 Å². The molecule has 4 rings (SSSR count). The van der Waals surface area contributed by atoms with Crippen molar-refractivity contribution in [2.75, 3.05) is 12.5 Å². The minimum atomic E-state index is 0.305. The maximum atomic E-state index is 5.40. The van der Waals surface area contributed by atoms with Gasteiger partial charge in [-0.2, -0.15) is 4.68 Å². The fourth-order valence-corrected chi connectivity index (χ4v) is 3.24. The van der Waals surface area contributed by atoms with Gasteiger partial charge < -0.3 is 9.47 Å². The number of tetrazole rings is 1. The summed E-state index contributed by atoms with van der Waals surface area (Å²) in [4.78, 5) is 0. The fourth-order valence-electron chi connectivity index (χ4n) is 2.36. The van der Waals surface area contributed by atoms with Gasteiger partial charge in [0.05, 0.1) is 5.69 Å². The summed E-state index contributed by atoms with van der Waals surface area (Å²) in [6, 6.07) is 15.9. The second-order valence-corrected chi connectivity index (χ2v) is 6.06. The van der Waals surface area contributed by atoms with Gasteiger partial charge in [-0.25, -0.2) is 0 Å². The van der Waals surface area contributed by atoms with E-state index in [0.717, 1.165) is 34.5 Å². The summed E-state index contributed by atoms with van der Waals surface area (Å²) in [5.41, 5.74) is 2.17. The molecule has 0 aliphatic carbocycles. The Labute approximate surface area is 137 Å². The zero-order valence-corrected chi connectivity index (χ0v) is 13.1. The van der Waals surface area contributed by atoms with E-state index in [2.05, 4.69) is 21.6 Å². The molecular weight excluding hydrogens is 312 g/mol. The Morgan fingerprint density at radius 3 is 2.83 bits per heavy atom. The molecule has 2 heterocycles. The van der Waals surface area contributed by atoms with Gasteiger partial charge in [0.2, 0.25) is 11.9 Å². The van der Waals surface area contributed by atoms with Crippen LogP contribution >= 0.6 is 11.8 Å². The number of rotatable bonds is 5. The van der Waals surface area contributed by atoms with E-state index in [0.29, 0.717) is 6.79 Å². The number of hydrogen-bond acceptors (Lipinski definition) is 6. The first-order chi connectivity index (χ1) is 11.4. The molecule has 0 fully saturated rings. The van der Waals surface area contributed by atoms with Gasteiger partial charge in [-0.05, 0) is 46.7 Å². The smallest absolute Gasteiger partial charge is 0.231 e. The quantitative estimate of drug-likeness (QED) is 0.672. The van der Waals surface area contributed by atoms with Crippen LogP contribution in [0.2, 0.25) is 0 Å². The lowest BCUT2D eigenvalue weighted by Crippen LogP contribution is -1.99. The normalized spacial score (nSPS) is 12.5. The molecule has 2 aromatic carbocycles. The van der Waals surface area contributed by atoms with Crippen LogP contribution in [-0.4, -0.2) is 32.8 Å². The molecule has 116 valence electrons. The number of benzene rings is 2. The van der Waals surface area contributed by atoms with E-state index in [1.165, 1.54) is 5.56 Å². The molecule has 0 saturated carbocycles. The molecule has 7 heteroatoms. The highest BCUT2D eigenvalue weighted by Crippen LogP contribution is 2.33. The molecule has 0 unspecified atom stereocenters. The Kier molecular flexibility index (Phi) is 3.85. The molecule has 3 aromatic rings. The maximum absolute atomic E-state index is 5.40. The molecule has 1 aliphatic heterocycles. The predicted octanol–water partition coefficient (Wildman–Crippen LogP) is 2.73. The number of fused-ring (bicyclic) bond motifs is 1. The molecule has 0 bridgehead atoms. The lowest BCUT2D eigenvalue weighted by atomic mass is 10.1. The van der Waals surface area contributed by atoms with Crippen LogP contribution in [0, 0.1) is 0 Å². The number of thioether (sulfide) groups is 1. The molecule has 0 atom stereocenters. The molecule has 0 N–H and O–H groups in total. The van der Waals surface area contributed by atoms with E-state index >= 15 is 0 Å². The average molecular weight is 326 g/mol. The van der Waals surface area contributed by atoms with Crippen molar-refractivity contribution in [2.24, 2.45) is 0 Å². The van der Waals surface area contributed by atoms with Gasteiger partial charge in [-0.1, -0.05) is 36.0 Å². The summed E-state index contributed by atoms with van der Waals surface area (Å²) in [5, 5.41) is 12.7. The molecule has 0 radical (unpaired) electrons. The van der Waals surface area contributed by atoms with E-state index in [4.69, 9.17) is 9.47 Å². The number of aromatic nitrogens is 4. The summed E-state index contributed by atoms with van der Waals surface area (Å²) in [6.07, 6.45) is 0.906. The third-order valence-electron chi connectivity index (χ3n) is 3.50. The first-order valence-electron chi connectivity index (χ1n) is 7.25. The van der Waals surface area contributed by atoms with Gasteiger partial charge in [0.1, 0.15) is 0 Å². The Hall–Kier alpha value is -2.54. The standard InChI is InChI=1S/C16H14N4O2S/c1-2-4-13(5-3-1)20-16(17-18-19-20)23-9-8-12-6-7-14-15(10-12)22-11-21-14/h1-7,10H,8-9,11H2. The van der Waals surface area contributed by atoms with Crippen molar-refractivity contribution in [1.29, 1.82) is 0 Å². The van der Waals surface area contributed by atoms with E-state index in [9.17, 15) is 0 Å². The minimum Gasteiger partial charge on any atom is -0.454 e. The number of para-hydroxylation sites is 1. The Bertz CT molecular complexity index is 807. The number of nitrogens with zero attached hydrogens (tertiary/aromatic N) is 4. The van der Waals surface area contributed by atoms with Crippen LogP contribution in [0.4, 0.5) is 0 Å². The zero-order chi connectivity index (χ0) is 15.5. The SMILES string of the molecule is c1ccc(-n2nnnc2SCCc2ccc3c(c2)OCO3)cc1. The molecule has 1 aliphatic rings. The lowest BCUT2D eigenvalue weighted by Gasteiger charge is -2.05. The minimum absolute atomic E-state index is 0.305. The third kappa shape index (κ3) is 3.00. The van der Waals surface area contributed by atoms with Gasteiger partial charge in [0.25, 0.3) is 0 Å². The van der Waals surface area contributed by atoms with Crippen molar-refractivity contribution in [3.63, 3.8) is 0 Å². The monoisotopic (exact) mass is 326 g/mol. The maximum Gasteiger partial charge on any atom is 0.231 e. The molecule has 1 aromatic heterocycles. The summed E-state index contributed by atoms with van der Waals surface area (Å²) in [5.74, 6) is 2.52. The molecule has 0 amide bonds. The highest BCUT2D eigenvalue weighted by Gasteiger charge is 2.13. The van der Waals surface area contributed by atoms with Crippen molar-refractivity contribution in [3.05, 3.63) is 54.1 Å². The molecule has 0 spiro atoms. The van der Waals surface area contributed by atoms with Gasteiger partial charge in [-0.15, -0.1) is 5.10 Å². The Balaban J connectivity index is 1.41. The van der Waals surface area contributed by atoms with Crippen molar-refractivity contribution in [2.45, 2.75) is 11.6 Å². The molecule has 6 nitrogen and oxygen atoms in total. The summed E-state index contributed by atoms with van der Waals surface area (Å²) >= 11 is 1.63. The second kappa shape index (κ2) is 6.29. The lowest BCUT2D eigenvalue weighted by molar-refractivity contribution is 0.174. The summed E-state index contributed by atoms with van der Waals surface area (Å²) in [6.45, 7) is 0.305. The predicted molar refractivity (Wildman–Crippen MR) is 86.1 cm³/mol. The van der Waals surface area contributed by atoms with E-state index in [1.54, 1.807) is 16.4 Å². The largest absolute Gasteiger partial charge is 0.454 e. The van der Waals surface area contributed by atoms with Crippen LogP contribution < -0.4 is 9.47 Å². The molecular formula is C16H14N4O2S. The first kappa shape index (κ1) is 14.1. The van der Waals surface area contributed by atoms with Gasteiger partial charge in [0.15, 0.2) is 11.5 Å². The van der Waals surface area contributed by atoms with Crippen LogP contribution in [0.25, 0.3) is 5.69 Å². The highest BCUT2D eigenvalue weighted by molar-refractivity contribution is 7.99. The summed E-state index contributed by atoms with van der Waals surface area (Å²) < 4.78 is 12.5. The summed E-state index contributed by atoms with van der Waals surface area (Å²) in [7, 11) is 0. The van der Waals surface area contributed by atoms with Crippen LogP contribution in [-0.2, 0) is 6.42 Å². The van der Waals surface area contributed by atoms with Crippen LogP contribution in [0.1, 0.15) is 5.56 Å². The Morgan fingerprint density at radius 2 is 1.91 bits per heavy atom.